The van der Waals surface area contributed by atoms with Crippen molar-refractivity contribution in [1.29, 1.82) is 0 Å². The van der Waals surface area contributed by atoms with Gasteiger partial charge in [0.05, 0.1) is 18.7 Å². The van der Waals surface area contributed by atoms with Crippen LogP contribution in [0, 0.1) is 11.3 Å². The third-order valence-electron chi connectivity index (χ3n) is 4.00. The van der Waals surface area contributed by atoms with Crippen LogP contribution in [-0.4, -0.2) is 19.0 Å². The Bertz CT molecular complexity index is 581. The summed E-state index contributed by atoms with van der Waals surface area (Å²) in [5.74, 6) is -1.67. The first-order valence-electron chi connectivity index (χ1n) is 6.79. The zero-order valence-corrected chi connectivity index (χ0v) is 12.1. The zero-order valence-electron chi connectivity index (χ0n) is 12.1. The van der Waals surface area contributed by atoms with Crippen molar-refractivity contribution in [3.63, 3.8) is 0 Å². The van der Waals surface area contributed by atoms with Crippen LogP contribution in [0.25, 0.3) is 0 Å². The molecular weight excluding hydrogens is 270 g/mol. The summed E-state index contributed by atoms with van der Waals surface area (Å²) in [4.78, 5) is 23.9. The Morgan fingerprint density at radius 1 is 1.33 bits per heavy atom. The van der Waals surface area contributed by atoms with Gasteiger partial charge in [-0.15, -0.1) is 0 Å². The molecule has 21 heavy (non-hydrogen) atoms. The summed E-state index contributed by atoms with van der Waals surface area (Å²) in [6, 6.07) is 7.01. The molecule has 0 unspecified atom stereocenters. The van der Waals surface area contributed by atoms with Gasteiger partial charge in [0.1, 0.15) is 5.75 Å². The largest absolute Gasteiger partial charge is 0.550 e. The van der Waals surface area contributed by atoms with E-state index >= 15 is 0 Å². The number of carboxylic acid groups (broad SMARTS) is 1. The van der Waals surface area contributed by atoms with Gasteiger partial charge in [-0.25, -0.2) is 0 Å². The first kappa shape index (κ1) is 15.1. The number of benzene rings is 1. The number of nitrogens with one attached hydrogen (secondary N) is 1. The quantitative estimate of drug-likeness (QED) is 0.848. The van der Waals surface area contributed by atoms with Crippen molar-refractivity contribution >= 4 is 17.6 Å². The minimum Gasteiger partial charge on any atom is -0.550 e. The number of hydrogen-bond donors (Lipinski definition) is 1. The third-order valence-corrected chi connectivity index (χ3v) is 4.00. The number of carbonyl (C=O) groups excluding carboxylic acids is 2. The maximum absolute atomic E-state index is 12.5. The minimum absolute atomic E-state index is 0.291. The summed E-state index contributed by atoms with van der Waals surface area (Å²) in [5.41, 5.74) is -0.666. The molecule has 5 heteroatoms. The van der Waals surface area contributed by atoms with E-state index < -0.39 is 17.3 Å². The molecule has 0 saturated carbocycles. The minimum atomic E-state index is -1.20. The molecular formula is C16H18NO4-. The van der Waals surface area contributed by atoms with Gasteiger partial charge in [-0.3, -0.25) is 4.79 Å². The van der Waals surface area contributed by atoms with Gasteiger partial charge in [-0.1, -0.05) is 31.2 Å². The maximum atomic E-state index is 12.5. The molecule has 0 fully saturated rings. The van der Waals surface area contributed by atoms with Gasteiger partial charge in [0, 0.05) is 11.4 Å². The molecule has 1 amide bonds. The second kappa shape index (κ2) is 5.99. The highest BCUT2D eigenvalue weighted by Gasteiger charge is 2.40. The van der Waals surface area contributed by atoms with E-state index in [2.05, 4.69) is 5.32 Å². The second-order valence-electron chi connectivity index (χ2n) is 5.36. The second-order valence-corrected chi connectivity index (χ2v) is 5.36. The van der Waals surface area contributed by atoms with Crippen LogP contribution in [0.5, 0.6) is 5.75 Å². The topological polar surface area (TPSA) is 78.5 Å². The number of para-hydroxylation sites is 2. The molecule has 1 N–H and O–H groups in total. The molecule has 2 atom stereocenters. The monoisotopic (exact) mass is 288 g/mol. The summed E-state index contributed by atoms with van der Waals surface area (Å²) in [7, 11) is 1.51. The van der Waals surface area contributed by atoms with Crippen molar-refractivity contribution in [2.24, 2.45) is 11.3 Å². The van der Waals surface area contributed by atoms with E-state index in [4.69, 9.17) is 4.74 Å². The van der Waals surface area contributed by atoms with Crippen LogP contribution in [0.15, 0.2) is 36.4 Å². The standard InChI is InChI=1S/C16H19NO4/c1-16(15(19)20)10-6-5-7-11(16)14(18)17-12-8-3-4-9-13(12)21-2/h3-6,8-9,11H,7,10H2,1-2H3,(H,17,18)(H,19,20)/p-1/t11-,16+/m0/s1. The summed E-state index contributed by atoms with van der Waals surface area (Å²) < 4.78 is 5.18. The number of ether oxygens (including phenoxy) is 1. The van der Waals surface area contributed by atoms with Gasteiger partial charge in [-0.2, -0.15) is 0 Å². The van der Waals surface area contributed by atoms with E-state index in [1.807, 2.05) is 6.08 Å². The van der Waals surface area contributed by atoms with Gasteiger partial charge in [0.15, 0.2) is 0 Å². The van der Waals surface area contributed by atoms with Crippen LogP contribution in [0.1, 0.15) is 19.8 Å². The molecule has 112 valence electrons. The SMILES string of the molecule is COc1ccccc1NC(=O)[C@@H]1CC=CC[C@@]1(C)C(=O)[O-]. The highest BCUT2D eigenvalue weighted by atomic mass is 16.5. The van der Waals surface area contributed by atoms with E-state index in [-0.39, 0.29) is 5.91 Å². The van der Waals surface area contributed by atoms with Crippen LogP contribution in [0.2, 0.25) is 0 Å². The normalized spacial score (nSPS) is 24.4. The van der Waals surface area contributed by atoms with Gasteiger partial charge >= 0.3 is 0 Å². The highest BCUT2D eigenvalue weighted by Crippen LogP contribution is 2.38. The number of carboxylic acids is 1. The van der Waals surface area contributed by atoms with Crippen molar-refractivity contribution in [3.8, 4) is 5.75 Å². The predicted molar refractivity (Wildman–Crippen MR) is 76.6 cm³/mol. The molecule has 0 heterocycles. The van der Waals surface area contributed by atoms with E-state index in [0.717, 1.165) is 0 Å². The van der Waals surface area contributed by atoms with E-state index in [1.54, 1.807) is 37.3 Å². The highest BCUT2D eigenvalue weighted by molar-refractivity contribution is 5.97. The van der Waals surface area contributed by atoms with Crippen molar-refractivity contribution < 1.29 is 19.4 Å². The van der Waals surface area contributed by atoms with Crippen LogP contribution in [-0.2, 0) is 9.59 Å². The van der Waals surface area contributed by atoms with Gasteiger partial charge in [-0.05, 0) is 25.0 Å². The van der Waals surface area contributed by atoms with Crippen molar-refractivity contribution in [2.45, 2.75) is 19.8 Å². The number of rotatable bonds is 4. The lowest BCUT2D eigenvalue weighted by Gasteiger charge is -2.38. The van der Waals surface area contributed by atoms with Crippen molar-refractivity contribution in [3.05, 3.63) is 36.4 Å². The fraction of sp³-hybridized carbons (Fsp3) is 0.375. The average Bonchev–Trinajstić information content (AvgIpc) is 2.48. The average molecular weight is 288 g/mol. The number of methoxy groups -OCH3 is 1. The fourth-order valence-electron chi connectivity index (χ4n) is 2.55. The van der Waals surface area contributed by atoms with Crippen molar-refractivity contribution in [2.75, 3.05) is 12.4 Å². The molecule has 2 rings (SSSR count). The zero-order chi connectivity index (χ0) is 15.5. The van der Waals surface area contributed by atoms with Crippen LogP contribution < -0.4 is 15.2 Å². The van der Waals surface area contributed by atoms with Crippen LogP contribution in [0.4, 0.5) is 5.69 Å². The molecule has 5 nitrogen and oxygen atoms in total. The van der Waals surface area contributed by atoms with E-state index in [0.29, 0.717) is 24.3 Å². The number of carbonyl (C=O) groups is 2. The molecule has 1 aliphatic rings. The fourth-order valence-corrected chi connectivity index (χ4v) is 2.55. The lowest BCUT2D eigenvalue weighted by Crippen LogP contribution is -2.49. The Kier molecular flexibility index (Phi) is 4.31. The molecule has 0 bridgehead atoms. The van der Waals surface area contributed by atoms with Gasteiger partial charge < -0.3 is 20.0 Å². The Morgan fingerprint density at radius 2 is 2.05 bits per heavy atom. The number of hydrogen-bond acceptors (Lipinski definition) is 4. The lowest BCUT2D eigenvalue weighted by molar-refractivity contribution is -0.320. The molecule has 1 aliphatic carbocycles. The van der Waals surface area contributed by atoms with Gasteiger partial charge in [0.25, 0.3) is 0 Å². The number of anilines is 1. The van der Waals surface area contributed by atoms with Crippen molar-refractivity contribution in [1.82, 2.24) is 0 Å². The summed E-state index contributed by atoms with van der Waals surface area (Å²) in [5, 5.41) is 14.2. The Balaban J connectivity index is 2.23. The number of amides is 1. The van der Waals surface area contributed by atoms with Gasteiger partial charge in [0.2, 0.25) is 5.91 Å². The Hall–Kier alpha value is -2.30. The molecule has 0 spiro atoms. The summed E-state index contributed by atoms with van der Waals surface area (Å²) >= 11 is 0. The molecule has 0 aliphatic heterocycles. The molecule has 0 saturated heterocycles. The molecule has 1 aromatic rings. The summed E-state index contributed by atoms with van der Waals surface area (Å²) in [6.45, 7) is 1.55. The molecule has 1 aromatic carbocycles. The molecule has 0 radical (unpaired) electrons. The van der Waals surface area contributed by atoms with E-state index in [1.165, 1.54) is 7.11 Å². The number of allylic oxidation sites excluding steroid dienone is 2. The first-order valence-corrected chi connectivity index (χ1v) is 6.79. The predicted octanol–water partition coefficient (Wildman–Crippen LogP) is 1.36. The smallest absolute Gasteiger partial charge is 0.228 e. The summed E-state index contributed by atoms with van der Waals surface area (Å²) in [6.07, 6.45) is 4.28. The van der Waals surface area contributed by atoms with Crippen LogP contribution in [0.3, 0.4) is 0 Å². The maximum Gasteiger partial charge on any atom is 0.228 e. The van der Waals surface area contributed by atoms with Crippen LogP contribution >= 0.6 is 0 Å². The molecule has 0 aromatic heterocycles. The Morgan fingerprint density at radius 3 is 2.71 bits per heavy atom. The third kappa shape index (κ3) is 2.91. The lowest BCUT2D eigenvalue weighted by atomic mass is 9.69. The first-order chi connectivity index (χ1) is 9.99. The Labute approximate surface area is 123 Å². The number of aliphatic carboxylic acids is 1. The van der Waals surface area contributed by atoms with E-state index in [9.17, 15) is 14.7 Å².